The number of aromatic nitrogens is 2. The molecule has 0 unspecified atom stereocenters. The number of amides is 1. The summed E-state index contributed by atoms with van der Waals surface area (Å²) in [7, 11) is 0. The molecule has 23 heavy (non-hydrogen) atoms. The van der Waals surface area contributed by atoms with Crippen molar-refractivity contribution < 1.29 is 9.53 Å². The average Bonchev–Trinajstić information content (AvgIpc) is 2.94. The zero-order valence-electron chi connectivity index (χ0n) is 12.6. The number of hydrogen-bond acceptors (Lipinski definition) is 6. The van der Waals surface area contributed by atoms with E-state index < -0.39 is 0 Å². The Morgan fingerprint density at radius 3 is 3.00 bits per heavy atom. The van der Waals surface area contributed by atoms with E-state index in [9.17, 15) is 4.79 Å². The molecule has 0 aromatic carbocycles. The monoisotopic (exact) mass is 350 g/mol. The van der Waals surface area contributed by atoms with Crippen LogP contribution in [0, 0.1) is 11.8 Å². The molecule has 1 fully saturated rings. The van der Waals surface area contributed by atoms with E-state index in [1.165, 1.54) is 18.3 Å². The molecular weight excluding hydrogens is 336 g/mol. The van der Waals surface area contributed by atoms with Gasteiger partial charge in [0, 0.05) is 20.0 Å². The summed E-state index contributed by atoms with van der Waals surface area (Å²) in [6.45, 7) is 4.71. The summed E-state index contributed by atoms with van der Waals surface area (Å²) in [6, 6.07) is 1.90. The van der Waals surface area contributed by atoms with Crippen molar-refractivity contribution in [3.63, 3.8) is 0 Å². The Balaban J connectivity index is 1.90. The summed E-state index contributed by atoms with van der Waals surface area (Å²) in [6.07, 6.45) is 0. The topological polar surface area (TPSA) is 67.4 Å². The predicted octanol–water partition coefficient (Wildman–Crippen LogP) is 1.67. The van der Waals surface area contributed by atoms with Gasteiger partial charge in [0.2, 0.25) is 11.2 Å². The number of anilines is 1. The van der Waals surface area contributed by atoms with Gasteiger partial charge in [0.25, 0.3) is 0 Å². The van der Waals surface area contributed by atoms with Crippen LogP contribution in [0.15, 0.2) is 6.07 Å². The van der Waals surface area contributed by atoms with Crippen LogP contribution in [-0.2, 0) is 9.53 Å². The fourth-order valence-electron chi connectivity index (χ4n) is 2.24. The second kappa shape index (κ2) is 7.13. The highest BCUT2D eigenvalue weighted by atomic mass is 35.5. The van der Waals surface area contributed by atoms with E-state index in [-0.39, 0.29) is 11.2 Å². The molecule has 0 bridgehead atoms. The molecule has 0 saturated carbocycles. The van der Waals surface area contributed by atoms with Crippen LogP contribution in [0.1, 0.15) is 11.8 Å². The van der Waals surface area contributed by atoms with Crippen LogP contribution < -0.4 is 10.2 Å². The molecule has 1 saturated heterocycles. The maximum absolute atomic E-state index is 10.8. The van der Waals surface area contributed by atoms with E-state index in [0.717, 1.165) is 34.0 Å². The molecule has 8 heteroatoms. The van der Waals surface area contributed by atoms with Crippen molar-refractivity contribution in [3.05, 3.63) is 16.2 Å². The smallest absolute Gasteiger partial charge is 0.224 e. The first-order valence-electron chi connectivity index (χ1n) is 7.16. The van der Waals surface area contributed by atoms with E-state index in [4.69, 9.17) is 16.3 Å². The quantitative estimate of drug-likeness (QED) is 0.659. The molecule has 1 aliphatic rings. The normalized spacial score (nSPS) is 14.4. The van der Waals surface area contributed by atoms with Gasteiger partial charge in [-0.05, 0) is 17.7 Å². The molecule has 1 N–H and O–H groups in total. The third-order valence-electron chi connectivity index (χ3n) is 3.27. The molecule has 120 valence electrons. The highest BCUT2D eigenvalue weighted by Crippen LogP contribution is 2.32. The summed E-state index contributed by atoms with van der Waals surface area (Å²) < 4.78 is 6.35. The summed E-state index contributed by atoms with van der Waals surface area (Å²) in [5, 5.41) is 2.87. The Morgan fingerprint density at radius 2 is 2.26 bits per heavy atom. The van der Waals surface area contributed by atoms with Crippen molar-refractivity contribution in [2.24, 2.45) is 0 Å². The van der Waals surface area contributed by atoms with Crippen molar-refractivity contribution in [1.82, 2.24) is 15.3 Å². The Morgan fingerprint density at radius 1 is 1.48 bits per heavy atom. The SMILES string of the molecule is CC(=O)NCC#Cc1cc2nc(Cl)nc(N3CCOCC3)c2s1. The molecule has 3 rings (SSSR count). The molecule has 2 aromatic rings. The predicted molar refractivity (Wildman–Crippen MR) is 91.0 cm³/mol. The van der Waals surface area contributed by atoms with Gasteiger partial charge in [-0.25, -0.2) is 4.98 Å². The molecule has 0 atom stereocenters. The standard InChI is InChI=1S/C15H15ClN4O2S/c1-10(21)17-4-2-3-11-9-12-13(23-11)14(19-15(16)18-12)20-5-7-22-8-6-20/h9H,4-8H2,1H3,(H,17,21). The minimum absolute atomic E-state index is 0.0945. The van der Waals surface area contributed by atoms with Gasteiger partial charge in [-0.1, -0.05) is 11.8 Å². The number of carbonyl (C=O) groups excluding carboxylic acids is 1. The highest BCUT2D eigenvalue weighted by molar-refractivity contribution is 7.20. The van der Waals surface area contributed by atoms with Crippen LogP contribution >= 0.6 is 22.9 Å². The van der Waals surface area contributed by atoms with Crippen LogP contribution in [0.2, 0.25) is 5.28 Å². The van der Waals surface area contributed by atoms with Crippen LogP contribution in [0.4, 0.5) is 5.82 Å². The van der Waals surface area contributed by atoms with Crippen LogP contribution in [0.25, 0.3) is 10.2 Å². The second-order valence-electron chi connectivity index (χ2n) is 4.95. The maximum Gasteiger partial charge on any atom is 0.224 e. The minimum atomic E-state index is -0.0945. The van der Waals surface area contributed by atoms with E-state index in [1.54, 1.807) is 0 Å². The number of nitrogens with zero attached hydrogens (tertiary/aromatic N) is 3. The number of fused-ring (bicyclic) bond motifs is 1. The zero-order valence-corrected chi connectivity index (χ0v) is 14.1. The number of hydrogen-bond donors (Lipinski definition) is 1. The van der Waals surface area contributed by atoms with Crippen LogP contribution in [0.5, 0.6) is 0 Å². The first-order chi connectivity index (χ1) is 11.1. The fraction of sp³-hybridized carbons (Fsp3) is 0.400. The van der Waals surface area contributed by atoms with Gasteiger partial charge >= 0.3 is 0 Å². The molecule has 0 spiro atoms. The van der Waals surface area contributed by atoms with E-state index in [2.05, 4.69) is 32.0 Å². The van der Waals surface area contributed by atoms with Gasteiger partial charge in [-0.15, -0.1) is 11.3 Å². The van der Waals surface area contributed by atoms with Gasteiger partial charge in [-0.2, -0.15) is 4.98 Å². The number of ether oxygens (including phenoxy) is 1. The molecule has 0 aliphatic carbocycles. The largest absolute Gasteiger partial charge is 0.378 e. The summed E-state index contributed by atoms with van der Waals surface area (Å²) >= 11 is 7.59. The summed E-state index contributed by atoms with van der Waals surface area (Å²) in [5.41, 5.74) is 0.792. The third kappa shape index (κ3) is 3.91. The number of nitrogens with one attached hydrogen (secondary N) is 1. The van der Waals surface area contributed by atoms with Gasteiger partial charge < -0.3 is 15.0 Å². The molecule has 1 amide bonds. The number of rotatable bonds is 2. The van der Waals surface area contributed by atoms with Gasteiger partial charge in [0.15, 0.2) is 5.82 Å². The Kier molecular flexibility index (Phi) is 4.96. The van der Waals surface area contributed by atoms with Gasteiger partial charge in [0.1, 0.15) is 0 Å². The fourth-order valence-corrected chi connectivity index (χ4v) is 3.40. The Hall–Kier alpha value is -1.88. The van der Waals surface area contributed by atoms with E-state index >= 15 is 0 Å². The lowest BCUT2D eigenvalue weighted by Crippen LogP contribution is -2.36. The zero-order chi connectivity index (χ0) is 16.2. The average molecular weight is 351 g/mol. The Labute approximate surface area is 142 Å². The first kappa shape index (κ1) is 16.0. The number of thiophene rings is 1. The molecule has 1 aliphatic heterocycles. The number of morpholine rings is 1. The lowest BCUT2D eigenvalue weighted by Gasteiger charge is -2.28. The van der Waals surface area contributed by atoms with Crippen molar-refractivity contribution in [2.45, 2.75) is 6.92 Å². The number of halogens is 1. The van der Waals surface area contributed by atoms with Crippen molar-refractivity contribution in [1.29, 1.82) is 0 Å². The molecule has 6 nitrogen and oxygen atoms in total. The number of carbonyl (C=O) groups is 1. The van der Waals surface area contributed by atoms with E-state index in [0.29, 0.717) is 19.8 Å². The molecule has 2 aromatic heterocycles. The lowest BCUT2D eigenvalue weighted by atomic mass is 10.3. The second-order valence-corrected chi connectivity index (χ2v) is 6.34. The summed E-state index contributed by atoms with van der Waals surface area (Å²) in [5.74, 6) is 6.70. The summed E-state index contributed by atoms with van der Waals surface area (Å²) in [4.78, 5) is 22.5. The minimum Gasteiger partial charge on any atom is -0.378 e. The van der Waals surface area contributed by atoms with Gasteiger partial charge in [-0.3, -0.25) is 4.79 Å². The van der Waals surface area contributed by atoms with Crippen molar-refractivity contribution in [3.8, 4) is 11.8 Å². The van der Waals surface area contributed by atoms with Crippen molar-refractivity contribution in [2.75, 3.05) is 37.7 Å². The first-order valence-corrected chi connectivity index (χ1v) is 8.36. The Bertz CT molecular complexity index is 790. The molecule has 0 radical (unpaired) electrons. The lowest BCUT2D eigenvalue weighted by molar-refractivity contribution is -0.118. The highest BCUT2D eigenvalue weighted by Gasteiger charge is 2.18. The third-order valence-corrected chi connectivity index (χ3v) is 4.48. The molecule has 3 heterocycles. The maximum atomic E-state index is 10.8. The van der Waals surface area contributed by atoms with Crippen LogP contribution in [0.3, 0.4) is 0 Å². The molecular formula is C15H15ClN4O2S. The van der Waals surface area contributed by atoms with Crippen LogP contribution in [-0.4, -0.2) is 48.7 Å². The van der Waals surface area contributed by atoms with E-state index in [1.807, 2.05) is 6.07 Å². The van der Waals surface area contributed by atoms with Gasteiger partial charge in [0.05, 0.1) is 34.9 Å². The van der Waals surface area contributed by atoms with Crippen molar-refractivity contribution >= 4 is 44.9 Å².